The Labute approximate surface area is 214 Å². The Morgan fingerprint density at radius 1 is 1.14 bits per heavy atom. The highest BCUT2D eigenvalue weighted by Crippen LogP contribution is 2.32. The van der Waals surface area contributed by atoms with E-state index in [0.29, 0.717) is 30.4 Å². The Balaban J connectivity index is 1.80. The fourth-order valence-electron chi connectivity index (χ4n) is 4.74. The van der Waals surface area contributed by atoms with Crippen LogP contribution in [0.25, 0.3) is 0 Å². The van der Waals surface area contributed by atoms with E-state index in [-0.39, 0.29) is 31.1 Å². The van der Waals surface area contributed by atoms with E-state index in [1.165, 1.54) is 0 Å². The molecule has 7 heteroatoms. The fourth-order valence-corrected chi connectivity index (χ4v) is 4.74. The monoisotopic (exact) mass is 496 g/mol. The van der Waals surface area contributed by atoms with Crippen LogP contribution in [0.5, 0.6) is 5.75 Å². The summed E-state index contributed by atoms with van der Waals surface area (Å²) in [6.45, 7) is 10.1. The molecular weight excluding hydrogens is 456 g/mol. The average molecular weight is 497 g/mol. The van der Waals surface area contributed by atoms with Gasteiger partial charge in [0.25, 0.3) is 0 Å². The van der Waals surface area contributed by atoms with Crippen molar-refractivity contribution in [2.24, 2.45) is 5.92 Å². The second-order valence-electron chi connectivity index (χ2n) is 9.71. The number of rotatable bonds is 11. The maximum atomic E-state index is 13.2. The predicted molar refractivity (Wildman–Crippen MR) is 142 cm³/mol. The zero-order valence-electron chi connectivity index (χ0n) is 22.0. The number of nitrogens with zero attached hydrogens (tertiary/aromatic N) is 1. The molecule has 3 rings (SSSR count). The summed E-state index contributed by atoms with van der Waals surface area (Å²) in [6.07, 6.45) is 2.40. The maximum absolute atomic E-state index is 13.2. The van der Waals surface area contributed by atoms with Crippen molar-refractivity contribution in [1.29, 1.82) is 0 Å². The number of esters is 1. The summed E-state index contributed by atoms with van der Waals surface area (Å²) in [5.74, 6) is 0.270. The van der Waals surface area contributed by atoms with Gasteiger partial charge in [0.2, 0.25) is 5.91 Å². The standard InChI is InChI=1S/C29H40N2O5/c1-5-35-27-17-21(13-14-24(27)29(34)36-6-2)18-28(33)30-25(16-20(3)4)23-11-7-8-12-26(23)31-15-9-10-22(32)19-31/h7-8,11-14,17,20,22,25,32H,5-6,9-10,15-16,18-19H2,1-4H3,(H,30,33)/t22-,25+/m0/s1. The lowest BCUT2D eigenvalue weighted by Crippen LogP contribution is -2.39. The number of piperidine rings is 1. The van der Waals surface area contributed by atoms with Crippen molar-refractivity contribution in [3.63, 3.8) is 0 Å². The minimum absolute atomic E-state index is 0.0968. The van der Waals surface area contributed by atoms with E-state index in [2.05, 4.69) is 36.2 Å². The molecule has 2 atom stereocenters. The number of nitrogens with one attached hydrogen (secondary N) is 1. The molecule has 196 valence electrons. The molecule has 1 fully saturated rings. The molecule has 1 aliphatic heterocycles. The van der Waals surface area contributed by atoms with Gasteiger partial charge in [-0.1, -0.05) is 38.1 Å². The molecule has 1 heterocycles. The number of carbonyl (C=O) groups is 2. The van der Waals surface area contributed by atoms with E-state index in [1.807, 2.05) is 19.1 Å². The molecule has 1 aliphatic rings. The molecule has 0 aromatic heterocycles. The molecule has 2 aromatic rings. The van der Waals surface area contributed by atoms with Crippen molar-refractivity contribution < 1.29 is 24.2 Å². The smallest absolute Gasteiger partial charge is 0.341 e. The highest BCUT2D eigenvalue weighted by Gasteiger charge is 2.25. The third-order valence-electron chi connectivity index (χ3n) is 6.30. The molecule has 0 spiro atoms. The van der Waals surface area contributed by atoms with E-state index in [1.54, 1.807) is 25.1 Å². The first-order valence-electron chi connectivity index (χ1n) is 13.1. The number of amides is 1. The maximum Gasteiger partial charge on any atom is 0.341 e. The number of benzene rings is 2. The molecule has 7 nitrogen and oxygen atoms in total. The van der Waals surface area contributed by atoms with Gasteiger partial charge >= 0.3 is 5.97 Å². The molecule has 0 bridgehead atoms. The first-order valence-corrected chi connectivity index (χ1v) is 13.1. The van der Waals surface area contributed by atoms with Crippen LogP contribution in [0.3, 0.4) is 0 Å². The van der Waals surface area contributed by atoms with E-state index < -0.39 is 5.97 Å². The lowest BCUT2D eigenvalue weighted by atomic mass is 9.94. The van der Waals surface area contributed by atoms with E-state index in [0.717, 1.165) is 42.6 Å². The van der Waals surface area contributed by atoms with Crippen LogP contribution in [-0.4, -0.2) is 49.4 Å². The summed E-state index contributed by atoms with van der Waals surface area (Å²) in [6, 6.07) is 13.2. The first-order chi connectivity index (χ1) is 17.3. The van der Waals surface area contributed by atoms with Gasteiger partial charge in [-0.05, 0) is 68.4 Å². The lowest BCUT2D eigenvalue weighted by molar-refractivity contribution is -0.121. The van der Waals surface area contributed by atoms with Crippen molar-refractivity contribution in [3.8, 4) is 5.75 Å². The topological polar surface area (TPSA) is 88.1 Å². The molecule has 0 radical (unpaired) electrons. The van der Waals surface area contributed by atoms with Gasteiger partial charge < -0.3 is 24.8 Å². The number of para-hydroxylation sites is 1. The van der Waals surface area contributed by atoms with Crippen molar-refractivity contribution in [3.05, 3.63) is 59.2 Å². The normalized spacial score (nSPS) is 16.5. The van der Waals surface area contributed by atoms with Crippen LogP contribution in [-0.2, 0) is 16.0 Å². The third kappa shape index (κ3) is 7.47. The highest BCUT2D eigenvalue weighted by atomic mass is 16.5. The van der Waals surface area contributed by atoms with E-state index >= 15 is 0 Å². The largest absolute Gasteiger partial charge is 0.493 e. The molecule has 1 saturated heterocycles. The Kier molecular flexibility index (Phi) is 10.2. The molecule has 2 N–H and O–H groups in total. The summed E-state index contributed by atoms with van der Waals surface area (Å²) in [5, 5.41) is 13.5. The van der Waals surface area contributed by atoms with E-state index in [4.69, 9.17) is 9.47 Å². The van der Waals surface area contributed by atoms with Crippen LogP contribution in [0.2, 0.25) is 0 Å². The molecule has 0 aliphatic carbocycles. The molecule has 36 heavy (non-hydrogen) atoms. The van der Waals surface area contributed by atoms with Crippen LogP contribution in [0.15, 0.2) is 42.5 Å². The predicted octanol–water partition coefficient (Wildman–Crippen LogP) is 4.67. The Morgan fingerprint density at radius 3 is 2.61 bits per heavy atom. The van der Waals surface area contributed by atoms with Gasteiger partial charge in [-0.2, -0.15) is 0 Å². The minimum Gasteiger partial charge on any atom is -0.493 e. The number of hydrogen-bond acceptors (Lipinski definition) is 6. The molecular formula is C29H40N2O5. The van der Waals surface area contributed by atoms with Crippen LogP contribution >= 0.6 is 0 Å². The van der Waals surface area contributed by atoms with Crippen molar-refractivity contribution in [2.75, 3.05) is 31.2 Å². The first kappa shape index (κ1) is 27.5. The second-order valence-corrected chi connectivity index (χ2v) is 9.71. The number of aliphatic hydroxyl groups is 1. The highest BCUT2D eigenvalue weighted by molar-refractivity contribution is 5.93. The van der Waals surface area contributed by atoms with Crippen molar-refractivity contribution in [2.45, 2.75) is 65.5 Å². The molecule has 2 aromatic carbocycles. The van der Waals surface area contributed by atoms with Crippen LogP contribution < -0.4 is 15.0 Å². The number of hydrogen-bond donors (Lipinski definition) is 2. The quantitative estimate of drug-likeness (QED) is 0.440. The zero-order valence-corrected chi connectivity index (χ0v) is 22.0. The summed E-state index contributed by atoms with van der Waals surface area (Å²) in [5.41, 5.74) is 3.26. The summed E-state index contributed by atoms with van der Waals surface area (Å²) in [4.78, 5) is 27.7. The SMILES string of the molecule is CCOC(=O)c1ccc(CC(=O)N[C@H](CC(C)C)c2ccccc2N2CCC[C@H](O)C2)cc1OCC. The summed E-state index contributed by atoms with van der Waals surface area (Å²) >= 11 is 0. The molecule has 0 unspecified atom stereocenters. The van der Waals surface area contributed by atoms with Crippen LogP contribution in [0.1, 0.15) is 74.5 Å². The Morgan fingerprint density at radius 2 is 1.92 bits per heavy atom. The Hall–Kier alpha value is -3.06. The second kappa shape index (κ2) is 13.3. The average Bonchev–Trinajstić information content (AvgIpc) is 2.84. The fraction of sp³-hybridized carbons (Fsp3) is 0.517. The van der Waals surface area contributed by atoms with Gasteiger partial charge in [-0.25, -0.2) is 4.79 Å². The van der Waals surface area contributed by atoms with Gasteiger partial charge in [0.05, 0.1) is 31.8 Å². The number of aliphatic hydroxyl groups excluding tert-OH is 1. The van der Waals surface area contributed by atoms with Crippen LogP contribution in [0, 0.1) is 5.92 Å². The van der Waals surface area contributed by atoms with E-state index in [9.17, 15) is 14.7 Å². The number of anilines is 1. The van der Waals surface area contributed by atoms with Crippen molar-refractivity contribution >= 4 is 17.6 Å². The Bertz CT molecular complexity index is 1020. The van der Waals surface area contributed by atoms with Gasteiger partial charge in [-0.15, -0.1) is 0 Å². The van der Waals surface area contributed by atoms with Gasteiger partial charge in [-0.3, -0.25) is 4.79 Å². The minimum atomic E-state index is -0.437. The van der Waals surface area contributed by atoms with Gasteiger partial charge in [0, 0.05) is 18.8 Å². The van der Waals surface area contributed by atoms with Crippen LogP contribution in [0.4, 0.5) is 5.69 Å². The van der Waals surface area contributed by atoms with Gasteiger partial charge in [0.15, 0.2) is 0 Å². The lowest BCUT2D eigenvalue weighted by Gasteiger charge is -2.35. The number of carbonyl (C=O) groups excluding carboxylic acids is 2. The van der Waals surface area contributed by atoms with Crippen molar-refractivity contribution in [1.82, 2.24) is 5.32 Å². The zero-order chi connectivity index (χ0) is 26.1. The molecule has 1 amide bonds. The number of β-amino-alcohol motifs (C(OH)–C–C–N with tert-alkyl or cyclic N) is 1. The van der Waals surface area contributed by atoms with Gasteiger partial charge in [0.1, 0.15) is 11.3 Å². The number of ether oxygens (including phenoxy) is 2. The summed E-state index contributed by atoms with van der Waals surface area (Å²) in [7, 11) is 0. The molecule has 0 saturated carbocycles. The summed E-state index contributed by atoms with van der Waals surface area (Å²) < 4.78 is 10.8. The third-order valence-corrected chi connectivity index (χ3v) is 6.30.